The number of unbranched alkanes of at least 4 members (excludes halogenated alkanes) is 6. The van der Waals surface area contributed by atoms with Crippen LogP contribution in [0.1, 0.15) is 65.2 Å². The summed E-state index contributed by atoms with van der Waals surface area (Å²) in [6.45, 7) is 5.52. The van der Waals surface area contributed by atoms with Gasteiger partial charge >= 0.3 is 11.8 Å². The van der Waals surface area contributed by atoms with Gasteiger partial charge in [-0.25, -0.2) is 0 Å². The van der Waals surface area contributed by atoms with Crippen molar-refractivity contribution in [1.29, 1.82) is 0 Å². The number of carbonyl (C=O) groups is 2. The smallest absolute Gasteiger partial charge is 0.313 e. The summed E-state index contributed by atoms with van der Waals surface area (Å²) in [6.07, 6.45) is 9.00. The first kappa shape index (κ1) is 21.0. The Kier molecular flexibility index (Phi) is 11.2. The lowest BCUT2D eigenvalue weighted by molar-refractivity contribution is -0.136. The molecule has 5 heteroatoms. The van der Waals surface area contributed by atoms with E-state index in [-0.39, 0.29) is 0 Å². The molecule has 2 amide bonds. The van der Waals surface area contributed by atoms with Crippen molar-refractivity contribution in [2.75, 3.05) is 18.5 Å². The van der Waals surface area contributed by atoms with E-state index in [0.29, 0.717) is 18.8 Å². The Morgan fingerprint density at radius 3 is 2.16 bits per heavy atom. The first-order valence-electron chi connectivity index (χ1n) is 9.49. The van der Waals surface area contributed by atoms with E-state index in [4.69, 9.17) is 4.74 Å². The van der Waals surface area contributed by atoms with Crippen molar-refractivity contribution in [3.8, 4) is 5.75 Å². The second-order valence-corrected chi connectivity index (χ2v) is 6.20. The summed E-state index contributed by atoms with van der Waals surface area (Å²) < 4.78 is 5.56. The normalized spacial score (nSPS) is 10.3. The summed E-state index contributed by atoms with van der Waals surface area (Å²) in [7, 11) is 0. The highest BCUT2D eigenvalue weighted by Crippen LogP contribution is 2.16. The molecule has 0 saturated heterocycles. The zero-order valence-electron chi connectivity index (χ0n) is 15.6. The summed E-state index contributed by atoms with van der Waals surface area (Å²) in [4.78, 5) is 23.6. The molecular formula is C20H32N2O3. The molecule has 2 N–H and O–H groups in total. The van der Waals surface area contributed by atoms with E-state index in [1.807, 2.05) is 0 Å². The Morgan fingerprint density at radius 1 is 0.840 bits per heavy atom. The van der Waals surface area contributed by atoms with E-state index in [9.17, 15) is 9.59 Å². The summed E-state index contributed by atoms with van der Waals surface area (Å²) in [5.74, 6) is -0.457. The molecule has 1 rings (SSSR count). The van der Waals surface area contributed by atoms with Crippen molar-refractivity contribution in [3.05, 3.63) is 24.3 Å². The fourth-order valence-corrected chi connectivity index (χ4v) is 2.34. The van der Waals surface area contributed by atoms with Crippen LogP contribution in [-0.4, -0.2) is 25.0 Å². The second kappa shape index (κ2) is 13.3. The fraction of sp³-hybridized carbons (Fsp3) is 0.600. The molecule has 0 bridgehead atoms. The molecule has 0 radical (unpaired) electrons. The lowest BCUT2D eigenvalue weighted by Crippen LogP contribution is -2.35. The highest BCUT2D eigenvalue weighted by molar-refractivity contribution is 6.39. The molecule has 0 aromatic heterocycles. The van der Waals surface area contributed by atoms with Crippen LogP contribution in [0, 0.1) is 0 Å². The van der Waals surface area contributed by atoms with Crippen LogP contribution in [0.25, 0.3) is 0 Å². The second-order valence-electron chi connectivity index (χ2n) is 6.20. The molecule has 0 aliphatic rings. The van der Waals surface area contributed by atoms with Crippen LogP contribution in [0.2, 0.25) is 0 Å². The minimum absolute atomic E-state index is 0.544. The quantitative estimate of drug-likeness (QED) is 0.437. The summed E-state index contributed by atoms with van der Waals surface area (Å²) in [5, 5.41) is 5.26. The maximum absolute atomic E-state index is 11.9. The molecule has 5 nitrogen and oxygen atoms in total. The predicted molar refractivity (Wildman–Crippen MR) is 102 cm³/mol. The van der Waals surface area contributed by atoms with Crippen molar-refractivity contribution >= 4 is 17.5 Å². The van der Waals surface area contributed by atoms with Crippen molar-refractivity contribution in [3.63, 3.8) is 0 Å². The average Bonchev–Trinajstić information content (AvgIpc) is 2.62. The van der Waals surface area contributed by atoms with Gasteiger partial charge in [-0.3, -0.25) is 9.59 Å². The molecule has 0 aliphatic heterocycles. The zero-order valence-corrected chi connectivity index (χ0v) is 15.6. The molecule has 25 heavy (non-hydrogen) atoms. The van der Waals surface area contributed by atoms with E-state index in [1.54, 1.807) is 24.3 Å². The highest BCUT2D eigenvalue weighted by Gasteiger charge is 2.12. The number of hydrogen-bond donors (Lipinski definition) is 2. The highest BCUT2D eigenvalue weighted by atomic mass is 16.5. The number of rotatable bonds is 12. The fourth-order valence-electron chi connectivity index (χ4n) is 2.34. The van der Waals surface area contributed by atoms with Gasteiger partial charge in [0.1, 0.15) is 5.75 Å². The molecule has 0 saturated carbocycles. The van der Waals surface area contributed by atoms with E-state index in [0.717, 1.165) is 31.4 Å². The van der Waals surface area contributed by atoms with Crippen LogP contribution in [0.5, 0.6) is 5.75 Å². The number of benzene rings is 1. The Bertz CT molecular complexity index is 500. The van der Waals surface area contributed by atoms with Crippen molar-refractivity contribution in [1.82, 2.24) is 5.32 Å². The number of amides is 2. The molecule has 1 aromatic rings. The Labute approximate surface area is 151 Å². The number of carbonyl (C=O) groups excluding carboxylic acids is 2. The van der Waals surface area contributed by atoms with E-state index >= 15 is 0 Å². The van der Waals surface area contributed by atoms with Crippen LogP contribution < -0.4 is 15.4 Å². The van der Waals surface area contributed by atoms with Gasteiger partial charge in [-0.15, -0.1) is 0 Å². The zero-order chi connectivity index (χ0) is 18.3. The van der Waals surface area contributed by atoms with Gasteiger partial charge in [-0.1, -0.05) is 52.4 Å². The van der Waals surface area contributed by atoms with Crippen molar-refractivity contribution < 1.29 is 14.3 Å². The lowest BCUT2D eigenvalue weighted by atomic mass is 10.1. The Morgan fingerprint density at radius 2 is 1.48 bits per heavy atom. The molecule has 0 unspecified atom stereocenters. The van der Waals surface area contributed by atoms with Gasteiger partial charge in [0.2, 0.25) is 0 Å². The minimum atomic E-state index is -0.634. The summed E-state index contributed by atoms with van der Waals surface area (Å²) in [6, 6.07) is 7.05. The molecule has 0 heterocycles. The van der Waals surface area contributed by atoms with Gasteiger partial charge in [0, 0.05) is 12.2 Å². The van der Waals surface area contributed by atoms with Gasteiger partial charge in [0.25, 0.3) is 0 Å². The van der Waals surface area contributed by atoms with Crippen molar-refractivity contribution in [2.24, 2.45) is 0 Å². The minimum Gasteiger partial charge on any atom is -0.494 e. The maximum Gasteiger partial charge on any atom is 0.313 e. The van der Waals surface area contributed by atoms with Gasteiger partial charge in [-0.05, 0) is 37.1 Å². The standard InChI is InChI=1S/C20H32N2O3/c1-3-5-7-8-9-10-15-21-19(23)20(24)22-17-11-13-18(14-12-17)25-16-6-4-2/h11-14H,3-10,15-16H2,1-2H3,(H,21,23)(H,22,24). The summed E-state index contributed by atoms with van der Waals surface area (Å²) in [5.41, 5.74) is 0.586. The van der Waals surface area contributed by atoms with E-state index in [2.05, 4.69) is 24.5 Å². The lowest BCUT2D eigenvalue weighted by Gasteiger charge is -2.08. The van der Waals surface area contributed by atoms with E-state index in [1.165, 1.54) is 25.7 Å². The predicted octanol–water partition coefficient (Wildman–Crippen LogP) is 4.28. The van der Waals surface area contributed by atoms with Crippen LogP contribution >= 0.6 is 0 Å². The number of nitrogens with one attached hydrogen (secondary N) is 2. The summed E-state index contributed by atoms with van der Waals surface area (Å²) >= 11 is 0. The number of hydrogen-bond acceptors (Lipinski definition) is 3. The van der Waals surface area contributed by atoms with Crippen LogP contribution in [0.3, 0.4) is 0 Å². The Balaban J connectivity index is 2.22. The monoisotopic (exact) mass is 348 g/mol. The van der Waals surface area contributed by atoms with Gasteiger partial charge in [0.05, 0.1) is 6.61 Å². The maximum atomic E-state index is 11.9. The average molecular weight is 348 g/mol. The first-order chi connectivity index (χ1) is 12.2. The van der Waals surface area contributed by atoms with Crippen molar-refractivity contribution in [2.45, 2.75) is 65.2 Å². The van der Waals surface area contributed by atoms with Crippen LogP contribution in [0.15, 0.2) is 24.3 Å². The molecule has 0 fully saturated rings. The largest absolute Gasteiger partial charge is 0.494 e. The molecule has 1 aromatic carbocycles. The third-order valence-corrected chi connectivity index (χ3v) is 3.90. The van der Waals surface area contributed by atoms with Gasteiger partial charge in [0.15, 0.2) is 0 Å². The molecule has 0 aliphatic carbocycles. The third-order valence-electron chi connectivity index (χ3n) is 3.90. The van der Waals surface area contributed by atoms with E-state index < -0.39 is 11.8 Å². The SMILES string of the molecule is CCCCCCCCNC(=O)C(=O)Nc1ccc(OCCCC)cc1. The third kappa shape index (κ3) is 9.75. The topological polar surface area (TPSA) is 67.4 Å². The molecule has 140 valence electrons. The number of anilines is 1. The molecule has 0 spiro atoms. The molecular weight excluding hydrogens is 316 g/mol. The van der Waals surface area contributed by atoms with Gasteiger partial charge in [-0.2, -0.15) is 0 Å². The van der Waals surface area contributed by atoms with Crippen LogP contribution in [-0.2, 0) is 9.59 Å². The number of ether oxygens (including phenoxy) is 1. The van der Waals surface area contributed by atoms with Crippen LogP contribution in [0.4, 0.5) is 5.69 Å². The van der Waals surface area contributed by atoms with Gasteiger partial charge < -0.3 is 15.4 Å². The Hall–Kier alpha value is -2.04. The molecule has 0 atom stereocenters. The first-order valence-corrected chi connectivity index (χ1v) is 9.49.